The number of nitrogens with zero attached hydrogens (tertiary/aromatic N) is 1. The fourth-order valence-corrected chi connectivity index (χ4v) is 5.22. The zero-order chi connectivity index (χ0) is 15.0. The first-order valence-electron chi connectivity index (χ1n) is 7.70. The highest BCUT2D eigenvalue weighted by Gasteiger charge is 2.39. The molecule has 2 fully saturated rings. The first kappa shape index (κ1) is 15.4. The zero-order valence-electron chi connectivity index (χ0n) is 12.2. The zero-order valence-corrected chi connectivity index (χ0v) is 13.8. The second-order valence-corrected chi connectivity index (χ2v) is 7.96. The summed E-state index contributed by atoms with van der Waals surface area (Å²) in [5.41, 5.74) is 0.817. The van der Waals surface area contributed by atoms with E-state index in [0.29, 0.717) is 22.9 Å². The molecule has 0 aliphatic carbocycles. The average Bonchev–Trinajstić information content (AvgIpc) is 2.68. The monoisotopic (exact) mass is 329 g/mol. The molecule has 0 saturated carbocycles. The van der Waals surface area contributed by atoms with Gasteiger partial charge in [0.15, 0.2) is 0 Å². The summed E-state index contributed by atoms with van der Waals surface area (Å²) < 4.78 is 25.1. The van der Waals surface area contributed by atoms with Crippen LogP contribution in [0.5, 0.6) is 0 Å². The van der Waals surface area contributed by atoms with E-state index in [4.69, 9.17) is 10.7 Å². The molecule has 1 aromatic carbocycles. The van der Waals surface area contributed by atoms with E-state index < -0.39 is 10.0 Å². The molecular formula is C16H21ClFNOS. The molecular weight excluding hydrogens is 309 g/mol. The molecule has 3 atom stereocenters. The van der Waals surface area contributed by atoms with Gasteiger partial charge in [-0.1, -0.05) is 6.92 Å². The van der Waals surface area contributed by atoms with E-state index in [9.17, 15) is 8.60 Å². The predicted molar refractivity (Wildman–Crippen MR) is 84.3 cm³/mol. The molecule has 21 heavy (non-hydrogen) atoms. The van der Waals surface area contributed by atoms with Crippen molar-refractivity contribution < 1.29 is 8.60 Å². The van der Waals surface area contributed by atoms with Crippen molar-refractivity contribution in [3.05, 3.63) is 29.6 Å². The first-order valence-corrected chi connectivity index (χ1v) is 9.68. The highest BCUT2D eigenvalue weighted by atomic mass is 35.7. The Labute approximate surface area is 132 Å². The molecule has 0 N–H and O–H groups in total. The lowest BCUT2D eigenvalue weighted by atomic mass is 9.86. The summed E-state index contributed by atoms with van der Waals surface area (Å²) in [6.45, 7) is 3.35. The predicted octanol–water partition coefficient (Wildman–Crippen LogP) is 3.89. The van der Waals surface area contributed by atoms with Gasteiger partial charge in [0.05, 0.1) is 4.90 Å². The summed E-state index contributed by atoms with van der Waals surface area (Å²) in [5.74, 6) is 0.274. The summed E-state index contributed by atoms with van der Waals surface area (Å²) in [6.07, 6.45) is 5.68. The van der Waals surface area contributed by atoms with Crippen LogP contribution >= 0.6 is 10.7 Å². The van der Waals surface area contributed by atoms with Gasteiger partial charge in [0, 0.05) is 12.1 Å². The molecule has 2 aliphatic heterocycles. The number of fused-ring (bicyclic) bond motifs is 2. The van der Waals surface area contributed by atoms with E-state index in [2.05, 4.69) is 11.8 Å². The van der Waals surface area contributed by atoms with E-state index in [0.717, 1.165) is 31.4 Å². The molecule has 0 radical (unpaired) electrons. The number of piperidine rings is 1. The number of rotatable bonds is 4. The Hall–Kier alpha value is -0.450. The molecule has 2 saturated heterocycles. The van der Waals surface area contributed by atoms with Crippen molar-refractivity contribution in [2.45, 2.75) is 56.0 Å². The molecule has 2 nitrogen and oxygen atoms in total. The Balaban J connectivity index is 1.76. The minimum atomic E-state index is -1.57. The topological polar surface area (TPSA) is 20.3 Å². The molecule has 2 bridgehead atoms. The molecule has 2 aliphatic rings. The largest absolute Gasteiger partial charge is 0.298 e. The summed E-state index contributed by atoms with van der Waals surface area (Å²) in [6, 6.07) is 5.75. The van der Waals surface area contributed by atoms with Crippen molar-refractivity contribution >= 4 is 20.7 Å². The number of hydrogen-bond acceptors (Lipinski definition) is 2. The van der Waals surface area contributed by atoms with Crippen molar-refractivity contribution in [3.8, 4) is 0 Å². The van der Waals surface area contributed by atoms with Crippen LogP contribution in [0.2, 0.25) is 0 Å². The lowest BCUT2D eigenvalue weighted by molar-refractivity contribution is 0.110. The Bertz CT molecular complexity index is 539. The molecule has 0 amide bonds. The minimum Gasteiger partial charge on any atom is -0.298 e. The van der Waals surface area contributed by atoms with Gasteiger partial charge in [0.2, 0.25) is 0 Å². The van der Waals surface area contributed by atoms with Gasteiger partial charge in [-0.05, 0) is 79.0 Å². The third-order valence-electron chi connectivity index (χ3n) is 5.05. The fraction of sp³-hybridized carbons (Fsp3) is 0.625. The van der Waals surface area contributed by atoms with Crippen molar-refractivity contribution in [2.24, 2.45) is 5.92 Å². The Morgan fingerprint density at radius 2 is 2.00 bits per heavy atom. The minimum absolute atomic E-state index is 0.273. The van der Waals surface area contributed by atoms with Crippen molar-refractivity contribution in [1.29, 1.82) is 0 Å². The van der Waals surface area contributed by atoms with Crippen molar-refractivity contribution in [1.82, 2.24) is 4.90 Å². The van der Waals surface area contributed by atoms with Crippen LogP contribution in [0, 0.1) is 11.7 Å². The van der Waals surface area contributed by atoms with Gasteiger partial charge in [0.25, 0.3) is 0 Å². The summed E-state index contributed by atoms with van der Waals surface area (Å²) in [7, 11) is 4.17. The third-order valence-corrected chi connectivity index (χ3v) is 6.29. The third kappa shape index (κ3) is 3.17. The van der Waals surface area contributed by atoms with Gasteiger partial charge in [-0.2, -0.15) is 0 Å². The van der Waals surface area contributed by atoms with E-state index in [1.54, 1.807) is 6.07 Å². The van der Waals surface area contributed by atoms with Gasteiger partial charge < -0.3 is 0 Å². The van der Waals surface area contributed by atoms with Gasteiger partial charge >= 0.3 is 0 Å². The standard InChI is InChI=1S/C16H21ClFNOS/c1-2-19-14-4-5-15(19)9-11(8-14)7-12-10-13(18)3-6-16(12)21(17)20/h3,6,10-11,14-15H,2,4-5,7-9H2,1H3. The van der Waals surface area contributed by atoms with E-state index in [-0.39, 0.29) is 5.82 Å². The van der Waals surface area contributed by atoms with Crippen LogP contribution < -0.4 is 0 Å². The highest BCUT2D eigenvalue weighted by Crippen LogP contribution is 2.40. The van der Waals surface area contributed by atoms with Crippen LogP contribution in [0.4, 0.5) is 4.39 Å². The van der Waals surface area contributed by atoms with E-state index >= 15 is 0 Å². The maximum atomic E-state index is 13.5. The summed E-state index contributed by atoms with van der Waals surface area (Å²) in [4.78, 5) is 3.19. The number of hydrogen-bond donors (Lipinski definition) is 0. The molecule has 5 heteroatoms. The molecule has 0 aromatic heterocycles. The summed E-state index contributed by atoms with van der Waals surface area (Å²) >= 11 is 0. The van der Waals surface area contributed by atoms with E-state index in [1.165, 1.54) is 25.0 Å². The second-order valence-electron chi connectivity index (χ2n) is 6.23. The SMILES string of the molecule is CCN1C2CCC1CC(Cc1cc(F)ccc1S(=O)Cl)C2. The number of benzene rings is 1. The van der Waals surface area contributed by atoms with Crippen molar-refractivity contribution in [3.63, 3.8) is 0 Å². The molecule has 3 rings (SSSR count). The lowest BCUT2D eigenvalue weighted by Gasteiger charge is -2.38. The normalized spacial score (nSPS) is 30.5. The van der Waals surface area contributed by atoms with Crippen LogP contribution in [-0.4, -0.2) is 27.7 Å². The lowest BCUT2D eigenvalue weighted by Crippen LogP contribution is -2.43. The van der Waals surface area contributed by atoms with E-state index in [1.807, 2.05) is 0 Å². The molecule has 3 unspecified atom stereocenters. The van der Waals surface area contributed by atoms with Crippen LogP contribution in [0.1, 0.15) is 38.2 Å². The Kier molecular flexibility index (Phi) is 4.67. The van der Waals surface area contributed by atoms with Crippen LogP contribution in [0.3, 0.4) is 0 Å². The first-order chi connectivity index (χ1) is 10.1. The Morgan fingerprint density at radius 1 is 1.33 bits per heavy atom. The molecule has 116 valence electrons. The number of halogens is 2. The summed E-state index contributed by atoms with van der Waals surface area (Å²) in [5, 5.41) is 0. The Morgan fingerprint density at radius 3 is 2.57 bits per heavy atom. The fourth-order valence-electron chi connectivity index (χ4n) is 4.24. The quantitative estimate of drug-likeness (QED) is 0.781. The van der Waals surface area contributed by atoms with Crippen LogP contribution in [-0.2, 0) is 16.4 Å². The van der Waals surface area contributed by atoms with Gasteiger partial charge in [0.1, 0.15) is 15.8 Å². The van der Waals surface area contributed by atoms with Crippen molar-refractivity contribution in [2.75, 3.05) is 6.54 Å². The molecule has 2 heterocycles. The maximum absolute atomic E-state index is 13.5. The van der Waals surface area contributed by atoms with Gasteiger partial charge in [-0.3, -0.25) is 4.90 Å². The smallest absolute Gasteiger partial charge is 0.147 e. The average molecular weight is 330 g/mol. The van der Waals surface area contributed by atoms with Gasteiger partial charge in [-0.25, -0.2) is 8.60 Å². The van der Waals surface area contributed by atoms with Gasteiger partial charge in [-0.15, -0.1) is 0 Å². The molecule has 0 spiro atoms. The molecule has 1 aromatic rings. The highest BCUT2D eigenvalue weighted by molar-refractivity contribution is 8.08. The van der Waals surface area contributed by atoms with Crippen LogP contribution in [0.15, 0.2) is 23.1 Å². The second kappa shape index (κ2) is 6.35. The maximum Gasteiger partial charge on any atom is 0.147 e. The van der Waals surface area contributed by atoms with Crippen LogP contribution in [0.25, 0.3) is 0 Å².